The van der Waals surface area contributed by atoms with Crippen molar-refractivity contribution in [1.29, 1.82) is 0 Å². The summed E-state index contributed by atoms with van der Waals surface area (Å²) in [7, 11) is -4.22. The van der Waals surface area contributed by atoms with Crippen LogP contribution in [0.15, 0.2) is 41.4 Å². The molecular weight excluding hydrogens is 516 g/mol. The van der Waals surface area contributed by atoms with Gasteiger partial charge in [-0.2, -0.15) is 8.42 Å². The summed E-state index contributed by atoms with van der Waals surface area (Å²) in [5.41, 5.74) is -0.374. The van der Waals surface area contributed by atoms with E-state index in [-0.39, 0.29) is 5.03 Å². The van der Waals surface area contributed by atoms with Crippen molar-refractivity contribution >= 4 is 39.0 Å². The Kier molecular flexibility index (Phi) is 6.24. The zero-order valence-corrected chi connectivity index (χ0v) is 22.0. The molecule has 3 heterocycles. The van der Waals surface area contributed by atoms with Crippen LogP contribution in [0.2, 0.25) is 5.02 Å². The van der Waals surface area contributed by atoms with Crippen molar-refractivity contribution < 1.29 is 23.1 Å². The Morgan fingerprint density at radius 2 is 1.84 bits per heavy atom. The SMILES string of the molecule is O=C(NS(=O)(=O)c1cccc(N2CC[C@H](O)C2)n1)C1(Oc2cc(Cl)ccc2N2CC3CCCC3C2)CC1. The summed E-state index contributed by atoms with van der Waals surface area (Å²) in [4.78, 5) is 21.6. The van der Waals surface area contributed by atoms with Crippen LogP contribution in [-0.2, 0) is 14.8 Å². The van der Waals surface area contributed by atoms with Crippen molar-refractivity contribution in [2.75, 3.05) is 36.0 Å². The van der Waals surface area contributed by atoms with E-state index in [1.807, 2.05) is 17.0 Å². The van der Waals surface area contributed by atoms with Gasteiger partial charge in [0.2, 0.25) is 0 Å². The second kappa shape index (κ2) is 9.32. The highest BCUT2D eigenvalue weighted by atomic mass is 35.5. The maximum Gasteiger partial charge on any atom is 0.281 e. The van der Waals surface area contributed by atoms with Crippen LogP contribution in [0.3, 0.4) is 0 Å². The van der Waals surface area contributed by atoms with Gasteiger partial charge in [-0.3, -0.25) is 4.79 Å². The minimum atomic E-state index is -4.22. The molecule has 4 aliphatic rings. The van der Waals surface area contributed by atoms with E-state index in [2.05, 4.69) is 14.6 Å². The van der Waals surface area contributed by atoms with Crippen molar-refractivity contribution in [3.63, 3.8) is 0 Å². The van der Waals surface area contributed by atoms with Crippen LogP contribution in [0.25, 0.3) is 0 Å². The number of anilines is 2. The van der Waals surface area contributed by atoms with Crippen molar-refractivity contribution in [2.45, 2.75) is 55.3 Å². The van der Waals surface area contributed by atoms with E-state index < -0.39 is 27.6 Å². The van der Waals surface area contributed by atoms with E-state index in [1.165, 1.54) is 25.3 Å². The van der Waals surface area contributed by atoms with Gasteiger partial charge in [0.15, 0.2) is 10.6 Å². The number of rotatable bonds is 7. The lowest BCUT2D eigenvalue weighted by Gasteiger charge is -2.26. The van der Waals surface area contributed by atoms with Gasteiger partial charge in [-0.05, 0) is 55.4 Å². The number of β-amino-alcohol motifs (C(OH)–C–C–N with tert-alkyl or cyclic N) is 1. The molecule has 0 spiro atoms. The standard InChI is InChI=1S/C26H31ClN4O5S/c27-19-7-8-21(31-14-17-3-1-4-18(17)15-31)22(13-19)36-26(10-11-26)25(33)29-37(34,35)24-6-2-5-23(28-24)30-12-9-20(32)16-30/h2,5-8,13,17-18,20,32H,1,3-4,9-12,14-16H2,(H,29,33)/t17?,18?,20-/m0/s1. The summed E-state index contributed by atoms with van der Waals surface area (Å²) >= 11 is 6.29. The molecule has 2 aliphatic heterocycles. The second-order valence-electron chi connectivity index (χ2n) is 10.7. The Balaban J connectivity index is 1.19. The van der Waals surface area contributed by atoms with E-state index >= 15 is 0 Å². The predicted molar refractivity (Wildman–Crippen MR) is 139 cm³/mol. The molecule has 9 nitrogen and oxygen atoms in total. The molecule has 1 aromatic heterocycles. The fraction of sp³-hybridized carbons (Fsp3) is 0.538. The van der Waals surface area contributed by atoms with Gasteiger partial charge in [-0.1, -0.05) is 24.1 Å². The number of nitrogens with zero attached hydrogens (tertiary/aromatic N) is 3. The van der Waals surface area contributed by atoms with Crippen LogP contribution >= 0.6 is 11.6 Å². The predicted octanol–water partition coefficient (Wildman–Crippen LogP) is 2.96. The normalized spacial score (nSPS) is 26.3. The van der Waals surface area contributed by atoms with E-state index in [0.717, 1.165) is 18.8 Å². The van der Waals surface area contributed by atoms with Crippen LogP contribution < -0.4 is 19.3 Å². The molecule has 2 saturated heterocycles. The lowest BCUT2D eigenvalue weighted by Crippen LogP contribution is -2.43. The summed E-state index contributed by atoms with van der Waals surface area (Å²) in [6.45, 7) is 2.88. The van der Waals surface area contributed by atoms with Crippen LogP contribution in [0.1, 0.15) is 38.5 Å². The highest BCUT2D eigenvalue weighted by Crippen LogP contribution is 2.47. The summed E-state index contributed by atoms with van der Waals surface area (Å²) < 4.78 is 34.6. The molecule has 4 fully saturated rings. The van der Waals surface area contributed by atoms with Crippen molar-refractivity contribution in [1.82, 2.24) is 9.71 Å². The van der Waals surface area contributed by atoms with Gasteiger partial charge < -0.3 is 19.6 Å². The molecule has 2 aliphatic carbocycles. The topological polar surface area (TPSA) is 112 Å². The fourth-order valence-electron chi connectivity index (χ4n) is 5.91. The first-order valence-corrected chi connectivity index (χ1v) is 14.8. The van der Waals surface area contributed by atoms with Crippen LogP contribution in [0.5, 0.6) is 5.75 Å². The largest absolute Gasteiger partial charge is 0.475 e. The Labute approximate surface area is 221 Å². The number of sulfonamides is 1. The van der Waals surface area contributed by atoms with Crippen molar-refractivity contribution in [3.05, 3.63) is 41.4 Å². The Hall–Kier alpha value is -2.56. The number of aliphatic hydroxyl groups excluding tert-OH is 1. The average molecular weight is 547 g/mol. The van der Waals surface area contributed by atoms with Crippen LogP contribution in [0.4, 0.5) is 11.5 Å². The third-order valence-electron chi connectivity index (χ3n) is 8.11. The molecule has 1 aromatic carbocycles. The first-order chi connectivity index (χ1) is 17.7. The lowest BCUT2D eigenvalue weighted by atomic mass is 10.0. The molecular formula is C26H31ClN4O5S. The number of fused-ring (bicyclic) bond motifs is 1. The van der Waals surface area contributed by atoms with Gasteiger partial charge >= 0.3 is 0 Å². The molecule has 0 radical (unpaired) electrons. The van der Waals surface area contributed by atoms with E-state index in [0.29, 0.717) is 60.8 Å². The molecule has 198 valence electrons. The highest BCUT2D eigenvalue weighted by Gasteiger charge is 2.55. The minimum Gasteiger partial charge on any atom is -0.475 e. The van der Waals surface area contributed by atoms with Crippen molar-refractivity contribution in [2.24, 2.45) is 11.8 Å². The Bertz CT molecular complexity index is 1310. The number of nitrogens with one attached hydrogen (secondary N) is 1. The Morgan fingerprint density at radius 3 is 2.51 bits per heavy atom. The second-order valence-corrected chi connectivity index (χ2v) is 12.8. The number of benzene rings is 1. The maximum atomic E-state index is 13.2. The number of amides is 1. The van der Waals surface area contributed by atoms with Crippen LogP contribution in [-0.4, -0.2) is 62.3 Å². The lowest BCUT2D eigenvalue weighted by molar-refractivity contribution is -0.127. The van der Waals surface area contributed by atoms with Gasteiger partial charge in [0, 0.05) is 50.1 Å². The highest BCUT2D eigenvalue weighted by molar-refractivity contribution is 7.90. The van der Waals surface area contributed by atoms with Crippen LogP contribution in [0, 0.1) is 11.8 Å². The molecule has 37 heavy (non-hydrogen) atoms. The van der Waals surface area contributed by atoms with Crippen molar-refractivity contribution in [3.8, 4) is 5.75 Å². The molecule has 11 heteroatoms. The first-order valence-electron chi connectivity index (χ1n) is 12.9. The average Bonchev–Trinajstić information content (AvgIpc) is 3.16. The number of ether oxygens (including phenoxy) is 1. The molecule has 2 saturated carbocycles. The monoisotopic (exact) mass is 546 g/mol. The number of halogens is 1. The molecule has 2 unspecified atom stereocenters. The smallest absolute Gasteiger partial charge is 0.281 e. The third-order valence-corrected chi connectivity index (χ3v) is 9.58. The molecule has 1 amide bonds. The summed E-state index contributed by atoms with van der Waals surface area (Å²) in [6, 6.07) is 10.1. The fourth-order valence-corrected chi connectivity index (χ4v) is 7.08. The molecule has 6 rings (SSSR count). The third kappa shape index (κ3) is 4.86. The van der Waals surface area contributed by atoms with Gasteiger partial charge in [0.1, 0.15) is 11.6 Å². The van der Waals surface area contributed by atoms with E-state index in [1.54, 1.807) is 18.2 Å². The van der Waals surface area contributed by atoms with Gasteiger partial charge in [0.05, 0.1) is 11.8 Å². The zero-order valence-electron chi connectivity index (χ0n) is 20.5. The van der Waals surface area contributed by atoms with Gasteiger partial charge in [0.25, 0.3) is 15.9 Å². The number of carbonyl (C=O) groups excluding carboxylic acids is 1. The molecule has 2 N–H and O–H groups in total. The minimum absolute atomic E-state index is 0.248. The number of hydrogen-bond donors (Lipinski definition) is 2. The first kappa shape index (κ1) is 24.8. The summed E-state index contributed by atoms with van der Waals surface area (Å²) in [5, 5.41) is 10.1. The van der Waals surface area contributed by atoms with Gasteiger partial charge in [-0.25, -0.2) is 9.71 Å². The number of aromatic nitrogens is 1. The Morgan fingerprint density at radius 1 is 1.08 bits per heavy atom. The number of aliphatic hydroxyl groups is 1. The molecule has 0 bridgehead atoms. The quantitative estimate of drug-likeness (QED) is 0.545. The van der Waals surface area contributed by atoms with E-state index in [4.69, 9.17) is 16.3 Å². The zero-order chi connectivity index (χ0) is 25.8. The maximum absolute atomic E-state index is 13.2. The summed E-state index contributed by atoms with van der Waals surface area (Å²) in [6.07, 6.45) is 4.70. The van der Waals surface area contributed by atoms with E-state index in [9.17, 15) is 18.3 Å². The molecule has 3 atom stereocenters. The number of hydrogen-bond acceptors (Lipinski definition) is 8. The number of pyridine rings is 1. The number of carbonyl (C=O) groups is 1. The van der Waals surface area contributed by atoms with Gasteiger partial charge in [-0.15, -0.1) is 0 Å². The summed E-state index contributed by atoms with van der Waals surface area (Å²) in [5.74, 6) is 1.60. The molecule has 2 aromatic rings.